The van der Waals surface area contributed by atoms with Crippen LogP contribution in [0.5, 0.6) is 0 Å². The van der Waals surface area contributed by atoms with Crippen LogP contribution in [0.2, 0.25) is 0 Å². The summed E-state index contributed by atoms with van der Waals surface area (Å²) in [6, 6.07) is 12.2. The molecule has 0 N–H and O–H groups in total. The number of hydrogen-bond donors (Lipinski definition) is 0. The number of furan rings is 1. The molecule has 39 heavy (non-hydrogen) atoms. The van der Waals surface area contributed by atoms with Crippen molar-refractivity contribution in [2.45, 2.75) is 32.4 Å². The molecule has 10 nitrogen and oxygen atoms in total. The van der Waals surface area contributed by atoms with Crippen molar-refractivity contribution in [2.24, 2.45) is 0 Å². The maximum atomic E-state index is 14.2. The second-order valence-electron chi connectivity index (χ2n) is 9.75. The molecule has 5 heterocycles. The third-order valence-corrected chi connectivity index (χ3v) is 7.47. The van der Waals surface area contributed by atoms with E-state index in [1.54, 1.807) is 41.3 Å². The quantitative estimate of drug-likeness (QED) is 0.378. The van der Waals surface area contributed by atoms with Gasteiger partial charge >= 0.3 is 0 Å². The number of carbonyl (C=O) groups excluding carboxylic acids is 1. The third-order valence-electron chi connectivity index (χ3n) is 7.47. The topological polar surface area (TPSA) is 92.8 Å². The molecule has 0 bridgehead atoms. The van der Waals surface area contributed by atoms with Gasteiger partial charge in [-0.25, -0.2) is 13.8 Å². The van der Waals surface area contributed by atoms with Crippen molar-refractivity contribution in [3.63, 3.8) is 0 Å². The molecule has 2 atom stereocenters. The number of morpholine rings is 1. The summed E-state index contributed by atoms with van der Waals surface area (Å²) in [5.74, 6) is 1.10. The van der Waals surface area contributed by atoms with Crippen LogP contribution >= 0.6 is 0 Å². The lowest BCUT2D eigenvalue weighted by molar-refractivity contribution is 0.0281. The van der Waals surface area contributed by atoms with Crippen molar-refractivity contribution in [3.05, 3.63) is 60.3 Å². The molecule has 4 aromatic rings. The number of alkyl halides is 2. The number of rotatable bonds is 5. The van der Waals surface area contributed by atoms with Crippen LogP contribution in [0.3, 0.4) is 0 Å². The van der Waals surface area contributed by atoms with Crippen LogP contribution in [0.15, 0.2) is 53.1 Å². The molecule has 0 radical (unpaired) electrons. The maximum Gasteiger partial charge on any atom is 0.296 e. The van der Waals surface area contributed by atoms with Crippen LogP contribution < -0.4 is 9.80 Å². The summed E-state index contributed by atoms with van der Waals surface area (Å²) < 4.78 is 40.8. The van der Waals surface area contributed by atoms with Gasteiger partial charge in [0.2, 0.25) is 5.95 Å². The molecule has 3 aromatic heterocycles. The molecule has 1 amide bonds. The van der Waals surface area contributed by atoms with E-state index in [2.05, 4.69) is 21.7 Å². The van der Waals surface area contributed by atoms with Gasteiger partial charge in [-0.2, -0.15) is 9.97 Å². The first-order valence-electron chi connectivity index (χ1n) is 13.0. The number of amides is 1. The molecule has 2 fully saturated rings. The summed E-state index contributed by atoms with van der Waals surface area (Å²) in [4.78, 5) is 32.4. The molecule has 6 rings (SSSR count). The second kappa shape index (κ2) is 10.3. The number of nitrogens with zero attached hydrogens (tertiary/aromatic N) is 7. The monoisotopic (exact) mass is 537 g/mol. The van der Waals surface area contributed by atoms with Gasteiger partial charge in [-0.15, -0.1) is 0 Å². The van der Waals surface area contributed by atoms with Gasteiger partial charge < -0.3 is 23.9 Å². The Hall–Kier alpha value is -4.06. The number of carbonyl (C=O) groups is 1. The lowest BCUT2D eigenvalue weighted by Gasteiger charge is -2.39. The molecule has 2 saturated heterocycles. The predicted octanol–water partition coefficient (Wildman–Crippen LogP) is 3.92. The molecule has 0 aliphatic carbocycles. The van der Waals surface area contributed by atoms with Gasteiger partial charge in [0, 0.05) is 38.8 Å². The molecular formula is C27H29F2N7O3. The smallest absolute Gasteiger partial charge is 0.296 e. The highest BCUT2D eigenvalue weighted by atomic mass is 19.3. The van der Waals surface area contributed by atoms with Crippen LogP contribution in [0, 0.1) is 0 Å². The number of benzene rings is 1. The van der Waals surface area contributed by atoms with Crippen molar-refractivity contribution in [3.8, 4) is 5.95 Å². The fourth-order valence-electron chi connectivity index (χ4n) is 5.17. The van der Waals surface area contributed by atoms with Crippen LogP contribution in [-0.2, 0) is 4.74 Å². The summed E-state index contributed by atoms with van der Waals surface area (Å²) in [7, 11) is 0. The molecular weight excluding hydrogens is 508 g/mol. The fraction of sp³-hybridized carbons (Fsp3) is 0.407. The molecule has 0 spiro atoms. The van der Waals surface area contributed by atoms with Crippen LogP contribution in [-0.4, -0.2) is 81.8 Å². The highest BCUT2D eigenvalue weighted by Gasteiger charge is 2.30. The molecule has 2 aliphatic rings. The molecule has 204 valence electrons. The standard InChI is InChI=1S/C27H29F2N7O3/c1-17-18(2)38-15-13-35(17)23-16-22(33-9-11-34(12-10-33)26(37)21-8-5-14-39-21)31-27(32-23)36-20-7-4-3-6-19(20)30-25(36)24(28)29/h3-8,14,16-18,24H,9-13,15H2,1-2H3/t17-,18-/m0/s1. The number of anilines is 2. The number of piperazine rings is 1. The number of ether oxygens (including phenoxy) is 1. The highest BCUT2D eigenvalue weighted by Crippen LogP contribution is 2.31. The fourth-order valence-corrected chi connectivity index (χ4v) is 5.17. The van der Waals surface area contributed by atoms with Crippen molar-refractivity contribution < 1.29 is 22.7 Å². The van der Waals surface area contributed by atoms with Gasteiger partial charge in [-0.3, -0.25) is 9.36 Å². The average molecular weight is 538 g/mol. The second-order valence-corrected chi connectivity index (χ2v) is 9.75. The lowest BCUT2D eigenvalue weighted by Crippen LogP contribution is -2.50. The van der Waals surface area contributed by atoms with E-state index in [9.17, 15) is 13.6 Å². The number of para-hydroxylation sites is 2. The first-order valence-corrected chi connectivity index (χ1v) is 13.0. The number of aromatic nitrogens is 4. The first-order chi connectivity index (χ1) is 18.9. The van der Waals surface area contributed by atoms with Crippen LogP contribution in [0.4, 0.5) is 20.4 Å². The van der Waals surface area contributed by atoms with E-state index in [1.807, 2.05) is 13.0 Å². The summed E-state index contributed by atoms with van der Waals surface area (Å²) in [6.45, 7) is 7.18. The zero-order valence-electron chi connectivity index (χ0n) is 21.7. The van der Waals surface area contributed by atoms with Crippen molar-refractivity contribution >= 4 is 28.6 Å². The Balaban J connectivity index is 1.39. The SMILES string of the molecule is C[C@@H]1OCCN(c2cc(N3CCN(C(=O)c4ccco4)CC3)nc(-n3c(C(F)F)nc4ccccc43)n2)[C@H]1C. The van der Waals surface area contributed by atoms with E-state index in [0.29, 0.717) is 67.8 Å². The van der Waals surface area contributed by atoms with Gasteiger partial charge in [0.15, 0.2) is 11.6 Å². The minimum atomic E-state index is -2.81. The summed E-state index contributed by atoms with van der Waals surface area (Å²) in [5, 5.41) is 0. The number of halogens is 2. The van der Waals surface area contributed by atoms with E-state index in [4.69, 9.17) is 19.1 Å². The van der Waals surface area contributed by atoms with Crippen molar-refractivity contribution in [1.29, 1.82) is 0 Å². The zero-order chi connectivity index (χ0) is 27.1. The van der Waals surface area contributed by atoms with E-state index in [1.165, 1.54) is 10.8 Å². The van der Waals surface area contributed by atoms with Gasteiger partial charge in [0.1, 0.15) is 11.6 Å². The van der Waals surface area contributed by atoms with Gasteiger partial charge in [0.05, 0.1) is 36.0 Å². The van der Waals surface area contributed by atoms with E-state index >= 15 is 0 Å². The summed E-state index contributed by atoms with van der Waals surface area (Å²) >= 11 is 0. The van der Waals surface area contributed by atoms with Crippen molar-refractivity contribution in [2.75, 3.05) is 49.1 Å². The van der Waals surface area contributed by atoms with Crippen LogP contribution in [0.25, 0.3) is 17.0 Å². The Morgan fingerprint density at radius 3 is 2.49 bits per heavy atom. The molecule has 12 heteroatoms. The Kier molecular flexibility index (Phi) is 6.63. The van der Waals surface area contributed by atoms with Crippen LogP contribution in [0.1, 0.15) is 36.7 Å². The third kappa shape index (κ3) is 4.69. The highest BCUT2D eigenvalue weighted by molar-refractivity contribution is 5.91. The van der Waals surface area contributed by atoms with Gasteiger partial charge in [-0.05, 0) is 38.1 Å². The Morgan fingerprint density at radius 2 is 1.74 bits per heavy atom. The summed E-state index contributed by atoms with van der Waals surface area (Å²) in [6.07, 6.45) is -1.36. The summed E-state index contributed by atoms with van der Waals surface area (Å²) in [5.41, 5.74) is 0.954. The van der Waals surface area contributed by atoms with Gasteiger partial charge in [0.25, 0.3) is 12.3 Å². The number of imidazole rings is 1. The van der Waals surface area contributed by atoms with E-state index in [-0.39, 0.29) is 24.0 Å². The maximum absolute atomic E-state index is 14.2. The molecule has 1 aromatic carbocycles. The number of fused-ring (bicyclic) bond motifs is 1. The average Bonchev–Trinajstić information content (AvgIpc) is 3.63. The minimum absolute atomic E-state index is 0.0196. The Labute approximate surface area is 223 Å². The molecule has 0 saturated carbocycles. The van der Waals surface area contributed by atoms with E-state index < -0.39 is 12.2 Å². The Morgan fingerprint density at radius 1 is 0.974 bits per heavy atom. The largest absolute Gasteiger partial charge is 0.459 e. The molecule has 0 unspecified atom stereocenters. The first kappa shape index (κ1) is 25.2. The van der Waals surface area contributed by atoms with Gasteiger partial charge in [-0.1, -0.05) is 12.1 Å². The number of hydrogen-bond acceptors (Lipinski definition) is 8. The minimum Gasteiger partial charge on any atom is -0.459 e. The predicted molar refractivity (Wildman–Crippen MR) is 141 cm³/mol. The zero-order valence-corrected chi connectivity index (χ0v) is 21.7. The lowest BCUT2D eigenvalue weighted by atomic mass is 10.1. The van der Waals surface area contributed by atoms with Crippen molar-refractivity contribution in [1.82, 2.24) is 24.4 Å². The Bertz CT molecular complexity index is 1470. The van der Waals surface area contributed by atoms with E-state index in [0.717, 1.165) is 0 Å². The normalized spacial score (nSPS) is 20.3. The molecule has 2 aliphatic heterocycles.